The van der Waals surface area contributed by atoms with Gasteiger partial charge in [0.1, 0.15) is 11.6 Å². The van der Waals surface area contributed by atoms with Gasteiger partial charge in [-0.1, -0.05) is 0 Å². The minimum Gasteiger partial charge on any atom is -0.506 e. The van der Waals surface area contributed by atoms with E-state index in [-0.39, 0.29) is 11.6 Å². The smallest absolute Gasteiger partial charge is 0.198 e. The fraction of sp³-hybridized carbons (Fsp3) is 0.588. The summed E-state index contributed by atoms with van der Waals surface area (Å²) in [6, 6.07) is 3.87. The van der Waals surface area contributed by atoms with Crippen LogP contribution in [0.4, 0.5) is 10.1 Å². The lowest BCUT2D eigenvalue weighted by Crippen LogP contribution is -2.40. The summed E-state index contributed by atoms with van der Waals surface area (Å²) in [5.74, 6) is 0.326. The third-order valence-corrected chi connectivity index (χ3v) is 3.77. The Morgan fingerprint density at radius 2 is 2.13 bits per heavy atom. The average Bonchev–Trinajstić information content (AvgIpc) is 2.57. The van der Waals surface area contributed by atoms with Gasteiger partial charge >= 0.3 is 0 Å². The Kier molecular flexibility index (Phi) is 7.13. The van der Waals surface area contributed by atoms with Gasteiger partial charge in [-0.05, 0) is 44.7 Å². The van der Waals surface area contributed by atoms with Crippen LogP contribution in [0.5, 0.6) is 5.75 Å². The summed E-state index contributed by atoms with van der Waals surface area (Å²) in [6.45, 7) is 5.84. The molecule has 0 radical (unpaired) electrons. The second kappa shape index (κ2) is 9.35. The van der Waals surface area contributed by atoms with Crippen molar-refractivity contribution in [3.63, 3.8) is 0 Å². The molecule has 23 heavy (non-hydrogen) atoms. The molecular weight excluding hydrogens is 297 g/mol. The Hall–Kier alpha value is -1.82. The van der Waals surface area contributed by atoms with Crippen LogP contribution in [-0.4, -0.2) is 48.8 Å². The van der Waals surface area contributed by atoms with Crippen LogP contribution in [0.3, 0.4) is 0 Å². The zero-order chi connectivity index (χ0) is 16.5. The van der Waals surface area contributed by atoms with E-state index in [0.29, 0.717) is 31.4 Å². The van der Waals surface area contributed by atoms with Crippen molar-refractivity contribution in [1.82, 2.24) is 4.90 Å². The number of nitrogens with one attached hydrogen (secondary N) is 1. The molecule has 0 bridgehead atoms. The number of hydrogen-bond acceptors (Lipinski definition) is 3. The van der Waals surface area contributed by atoms with E-state index in [9.17, 15) is 9.50 Å². The molecule has 0 unspecified atom stereocenters. The van der Waals surface area contributed by atoms with E-state index in [0.717, 1.165) is 32.4 Å². The van der Waals surface area contributed by atoms with Crippen molar-refractivity contribution >= 4 is 11.6 Å². The van der Waals surface area contributed by atoms with Gasteiger partial charge in [0.05, 0.1) is 5.69 Å². The molecule has 0 spiro atoms. The van der Waals surface area contributed by atoms with E-state index < -0.39 is 0 Å². The third-order valence-electron chi connectivity index (χ3n) is 3.77. The van der Waals surface area contributed by atoms with Crippen LogP contribution in [0.15, 0.2) is 23.2 Å². The molecule has 5 nitrogen and oxygen atoms in total. The molecule has 1 aromatic carbocycles. The van der Waals surface area contributed by atoms with E-state index in [4.69, 9.17) is 4.74 Å². The average molecular weight is 323 g/mol. The first-order chi connectivity index (χ1) is 11.2. The predicted molar refractivity (Wildman–Crippen MR) is 90.5 cm³/mol. The number of halogens is 1. The van der Waals surface area contributed by atoms with Gasteiger partial charge in [-0.2, -0.15) is 0 Å². The van der Waals surface area contributed by atoms with Crippen molar-refractivity contribution in [3.05, 3.63) is 24.0 Å². The summed E-state index contributed by atoms with van der Waals surface area (Å²) >= 11 is 0. The van der Waals surface area contributed by atoms with Gasteiger partial charge in [-0.3, -0.25) is 4.99 Å². The van der Waals surface area contributed by atoms with Gasteiger partial charge < -0.3 is 20.1 Å². The summed E-state index contributed by atoms with van der Waals surface area (Å²) < 4.78 is 18.7. The Balaban J connectivity index is 2.05. The molecule has 2 rings (SSSR count). The second-order valence-corrected chi connectivity index (χ2v) is 5.59. The van der Waals surface area contributed by atoms with Crippen molar-refractivity contribution in [2.24, 2.45) is 4.99 Å². The van der Waals surface area contributed by atoms with Crippen LogP contribution in [0, 0.1) is 5.82 Å². The topological polar surface area (TPSA) is 57.1 Å². The number of benzene rings is 1. The summed E-state index contributed by atoms with van der Waals surface area (Å²) in [5.41, 5.74) is 0.346. The molecule has 0 aliphatic carbocycles. The molecule has 1 aliphatic rings. The fourth-order valence-corrected chi connectivity index (χ4v) is 2.55. The molecule has 6 heteroatoms. The second-order valence-electron chi connectivity index (χ2n) is 5.59. The monoisotopic (exact) mass is 323 g/mol. The van der Waals surface area contributed by atoms with Crippen LogP contribution in [0.1, 0.15) is 32.6 Å². The maximum atomic E-state index is 13.4. The normalized spacial score (nSPS) is 15.7. The molecule has 1 aromatic rings. The molecule has 128 valence electrons. The maximum Gasteiger partial charge on any atom is 0.198 e. The van der Waals surface area contributed by atoms with Gasteiger partial charge in [-0.25, -0.2) is 4.39 Å². The van der Waals surface area contributed by atoms with Gasteiger partial charge in [0.15, 0.2) is 5.96 Å². The van der Waals surface area contributed by atoms with E-state index >= 15 is 0 Å². The Labute approximate surface area is 137 Å². The molecular formula is C17H26FN3O2. The number of likely N-dealkylation sites (tertiary alicyclic amines) is 1. The summed E-state index contributed by atoms with van der Waals surface area (Å²) in [7, 11) is 0. The van der Waals surface area contributed by atoms with Crippen molar-refractivity contribution in [3.8, 4) is 5.75 Å². The first-order valence-electron chi connectivity index (χ1n) is 8.33. The number of ether oxygens (including phenoxy) is 1. The van der Waals surface area contributed by atoms with Crippen molar-refractivity contribution in [2.45, 2.75) is 32.6 Å². The number of guanidine groups is 1. The maximum absolute atomic E-state index is 13.4. The Morgan fingerprint density at radius 3 is 2.87 bits per heavy atom. The molecule has 0 saturated carbocycles. The summed E-state index contributed by atoms with van der Waals surface area (Å²) in [5, 5.41) is 13.0. The Morgan fingerprint density at radius 1 is 1.35 bits per heavy atom. The van der Waals surface area contributed by atoms with Crippen molar-refractivity contribution in [2.75, 3.05) is 38.2 Å². The SMILES string of the molecule is CCOCCCN=C(Nc1cc(F)ccc1O)N1CCCCC1. The van der Waals surface area contributed by atoms with Crippen molar-refractivity contribution < 1.29 is 14.2 Å². The minimum atomic E-state index is -0.389. The third kappa shape index (κ3) is 5.71. The highest BCUT2D eigenvalue weighted by molar-refractivity contribution is 5.95. The van der Waals surface area contributed by atoms with Gasteiger partial charge in [0, 0.05) is 38.9 Å². The van der Waals surface area contributed by atoms with Crippen LogP contribution >= 0.6 is 0 Å². The van der Waals surface area contributed by atoms with E-state index in [1.807, 2.05) is 6.92 Å². The molecule has 1 aliphatic heterocycles. The van der Waals surface area contributed by atoms with E-state index in [2.05, 4.69) is 15.2 Å². The highest BCUT2D eigenvalue weighted by Crippen LogP contribution is 2.24. The van der Waals surface area contributed by atoms with E-state index in [1.165, 1.54) is 24.6 Å². The lowest BCUT2D eigenvalue weighted by atomic mass is 10.1. The van der Waals surface area contributed by atoms with Crippen LogP contribution in [-0.2, 0) is 4.74 Å². The fourth-order valence-electron chi connectivity index (χ4n) is 2.55. The molecule has 2 N–H and O–H groups in total. The number of phenols is 1. The summed E-state index contributed by atoms with van der Waals surface area (Å²) in [6.07, 6.45) is 4.30. The number of phenolic OH excluding ortho intramolecular Hbond substituents is 1. The number of aliphatic imine (C=N–C) groups is 1. The highest BCUT2D eigenvalue weighted by atomic mass is 19.1. The number of anilines is 1. The van der Waals surface area contributed by atoms with Crippen LogP contribution < -0.4 is 5.32 Å². The number of hydrogen-bond donors (Lipinski definition) is 2. The predicted octanol–water partition coefficient (Wildman–Crippen LogP) is 3.21. The molecule has 0 amide bonds. The number of aromatic hydroxyl groups is 1. The zero-order valence-electron chi connectivity index (χ0n) is 13.7. The molecule has 1 fully saturated rings. The molecule has 1 saturated heterocycles. The zero-order valence-corrected chi connectivity index (χ0v) is 13.7. The van der Waals surface area contributed by atoms with E-state index in [1.54, 1.807) is 0 Å². The lowest BCUT2D eigenvalue weighted by Gasteiger charge is -2.30. The largest absolute Gasteiger partial charge is 0.506 e. The van der Waals surface area contributed by atoms with Crippen molar-refractivity contribution in [1.29, 1.82) is 0 Å². The highest BCUT2D eigenvalue weighted by Gasteiger charge is 2.16. The number of rotatable bonds is 6. The quantitative estimate of drug-likeness (QED) is 0.365. The molecule has 0 atom stereocenters. The lowest BCUT2D eigenvalue weighted by molar-refractivity contribution is 0.146. The van der Waals surface area contributed by atoms with Gasteiger partial charge in [0.25, 0.3) is 0 Å². The molecule has 0 aromatic heterocycles. The minimum absolute atomic E-state index is 0.0189. The Bertz CT molecular complexity index is 517. The number of nitrogens with zero attached hydrogens (tertiary/aromatic N) is 2. The summed E-state index contributed by atoms with van der Waals surface area (Å²) in [4.78, 5) is 6.76. The van der Waals surface area contributed by atoms with Gasteiger partial charge in [0.2, 0.25) is 0 Å². The standard InChI is InChI=1S/C17H26FN3O2/c1-2-23-12-6-9-19-17(21-10-4-3-5-11-21)20-15-13-14(18)7-8-16(15)22/h7-8,13,22H,2-6,9-12H2,1H3,(H,19,20). The first-order valence-corrected chi connectivity index (χ1v) is 8.33. The van der Waals surface area contributed by atoms with Crippen LogP contribution in [0.2, 0.25) is 0 Å². The van der Waals surface area contributed by atoms with Crippen LogP contribution in [0.25, 0.3) is 0 Å². The number of piperidine rings is 1. The molecule has 1 heterocycles. The first kappa shape index (κ1) is 17.5. The van der Waals surface area contributed by atoms with Gasteiger partial charge in [-0.15, -0.1) is 0 Å².